The Morgan fingerprint density at radius 1 is 1.00 bits per heavy atom. The van der Waals surface area contributed by atoms with E-state index < -0.39 is 84.6 Å². The fourth-order valence-electron chi connectivity index (χ4n) is 4.71. The van der Waals surface area contributed by atoms with E-state index >= 15 is 0 Å². The number of fused-ring (bicyclic) bond motifs is 1. The molecule has 7 atom stereocenters. The normalized spacial score (nSPS) is 20.0. The van der Waals surface area contributed by atoms with Gasteiger partial charge in [0.1, 0.15) is 36.3 Å². The summed E-state index contributed by atoms with van der Waals surface area (Å²) in [6.07, 6.45) is -6.74. The summed E-state index contributed by atoms with van der Waals surface area (Å²) < 4.78 is 61.7. The average molecular weight is 909 g/mol. The SMILES string of the molecule is CC(C)(COP(=O)(O)OP(=O)(O)OC[C@H]1O[C@@H](n2cnc3c(N)ncnc32)[C@H](O)[C@@H]1OP(=O)(O)O)C(O)C(=O)NCCC(=O)NCCS.O=C([O-])c1ccccc1.[Li].[Li].[Li]. The number of thiol groups is 1. The first-order chi connectivity index (χ1) is 26.5. The quantitative estimate of drug-likeness (QED) is 0.0331. The van der Waals surface area contributed by atoms with Crippen LogP contribution in [0.1, 0.15) is 36.9 Å². The Hall–Kier alpha value is -1.63. The number of amides is 2. The van der Waals surface area contributed by atoms with Gasteiger partial charge in [0.2, 0.25) is 11.8 Å². The molecule has 1 fully saturated rings. The second-order valence-electron chi connectivity index (χ2n) is 12.4. The molecule has 0 saturated carbocycles. The van der Waals surface area contributed by atoms with Crippen molar-refractivity contribution in [3.05, 3.63) is 48.5 Å². The topological polar surface area (TPSA) is 387 Å². The number of aromatic carboxylic acids is 1. The molecule has 1 aliphatic rings. The number of nitrogen functional groups attached to an aromatic ring is 1. The summed E-state index contributed by atoms with van der Waals surface area (Å²) in [5, 5.41) is 36.2. The van der Waals surface area contributed by atoms with Crippen molar-refractivity contribution in [3.63, 3.8) is 0 Å². The largest absolute Gasteiger partial charge is 0.545 e. The number of carboxylic acids is 1. The Labute approximate surface area is 383 Å². The zero-order valence-electron chi connectivity index (χ0n) is 32.9. The molecule has 25 nitrogen and oxygen atoms in total. The van der Waals surface area contributed by atoms with Gasteiger partial charge in [-0.2, -0.15) is 16.9 Å². The third-order valence-electron chi connectivity index (χ3n) is 7.52. The van der Waals surface area contributed by atoms with Crippen molar-refractivity contribution in [1.29, 1.82) is 0 Å². The predicted octanol–water partition coefficient (Wildman–Crippen LogP) is -2.76. The maximum Gasteiger partial charge on any atom is 0.481 e. The van der Waals surface area contributed by atoms with Crippen molar-refractivity contribution in [2.45, 2.75) is 50.9 Å². The Morgan fingerprint density at radius 2 is 1.62 bits per heavy atom. The van der Waals surface area contributed by atoms with Gasteiger partial charge >= 0.3 is 23.5 Å². The van der Waals surface area contributed by atoms with Crippen molar-refractivity contribution < 1.29 is 85.6 Å². The number of aromatic nitrogens is 4. The number of phosphoric acid groups is 3. The van der Waals surface area contributed by atoms with Crippen molar-refractivity contribution >= 4 is 127 Å². The molecular formula is C28H41Li3N7O18P3S-. The fraction of sp³-hybridized carbons (Fsp3) is 0.500. The third-order valence-corrected chi connectivity index (χ3v) is 10.8. The van der Waals surface area contributed by atoms with Crippen LogP contribution < -0.4 is 21.5 Å². The van der Waals surface area contributed by atoms with Gasteiger partial charge in [-0.05, 0) is 5.56 Å². The summed E-state index contributed by atoms with van der Waals surface area (Å²) in [4.78, 5) is 84.7. The number of nitrogens with one attached hydrogen (secondary N) is 2. The summed E-state index contributed by atoms with van der Waals surface area (Å²) in [5.41, 5.74) is 4.52. The minimum atomic E-state index is -5.54. The molecule has 1 saturated heterocycles. The van der Waals surface area contributed by atoms with Crippen molar-refractivity contribution in [3.8, 4) is 0 Å². The van der Waals surface area contributed by atoms with Crippen LogP contribution >= 0.6 is 36.1 Å². The second-order valence-corrected chi connectivity index (χ2v) is 17.1. The third kappa shape index (κ3) is 18.2. The second kappa shape index (κ2) is 25.6. The Morgan fingerprint density at radius 3 is 2.18 bits per heavy atom. The van der Waals surface area contributed by atoms with Crippen LogP contribution in [0.15, 0.2) is 43.0 Å². The van der Waals surface area contributed by atoms with Crippen LogP contribution in [0.25, 0.3) is 11.2 Å². The van der Waals surface area contributed by atoms with Gasteiger partial charge in [0.25, 0.3) is 0 Å². The number of benzene rings is 1. The van der Waals surface area contributed by atoms with Gasteiger partial charge in [-0.25, -0.2) is 28.6 Å². The van der Waals surface area contributed by atoms with Crippen molar-refractivity contribution in [2.75, 3.05) is 37.8 Å². The smallest absolute Gasteiger partial charge is 0.481 e. The minimum Gasteiger partial charge on any atom is -0.545 e. The molecule has 3 radical (unpaired) electrons. The van der Waals surface area contributed by atoms with E-state index in [4.69, 9.17) is 19.5 Å². The number of rotatable bonds is 19. The van der Waals surface area contributed by atoms with Crippen LogP contribution in [0.3, 0.4) is 0 Å². The van der Waals surface area contributed by atoms with E-state index in [1.807, 2.05) is 0 Å². The first-order valence-electron chi connectivity index (χ1n) is 16.2. The van der Waals surface area contributed by atoms with Crippen LogP contribution in [0, 0.1) is 5.41 Å². The molecule has 1 aliphatic heterocycles. The van der Waals surface area contributed by atoms with Gasteiger partial charge in [-0.15, -0.1) is 0 Å². The summed E-state index contributed by atoms with van der Waals surface area (Å²) in [7, 11) is -16.3. The van der Waals surface area contributed by atoms with E-state index in [0.717, 1.165) is 17.2 Å². The Kier molecular flexibility index (Phi) is 24.9. The number of nitrogens with zero attached hydrogens (tertiary/aromatic N) is 4. The number of carbonyl (C=O) groups is 3. The first kappa shape index (κ1) is 58.4. The molecule has 10 N–H and O–H groups in total. The number of aliphatic hydroxyl groups is 2. The van der Waals surface area contributed by atoms with E-state index in [2.05, 4.69) is 47.0 Å². The molecule has 60 heavy (non-hydrogen) atoms. The van der Waals surface area contributed by atoms with Crippen molar-refractivity contribution in [2.24, 2.45) is 5.41 Å². The maximum absolute atomic E-state index is 12.6. The molecule has 0 bridgehead atoms. The molecule has 2 amide bonds. The molecule has 1 aromatic carbocycles. The van der Waals surface area contributed by atoms with Gasteiger partial charge in [0.15, 0.2) is 17.7 Å². The number of nitrogens with two attached hydrogens (primary N) is 1. The molecule has 0 aliphatic carbocycles. The number of hydrogen-bond acceptors (Lipinski definition) is 19. The number of ether oxygens (including phenoxy) is 1. The number of carboxylic acid groups (broad SMARTS) is 1. The Bertz CT molecular complexity index is 2010. The number of anilines is 1. The van der Waals surface area contributed by atoms with E-state index in [0.29, 0.717) is 12.3 Å². The van der Waals surface area contributed by atoms with Gasteiger partial charge in [-0.1, -0.05) is 44.2 Å². The zero-order chi connectivity index (χ0) is 42.8. The van der Waals surface area contributed by atoms with Gasteiger partial charge < -0.3 is 60.8 Å². The van der Waals surface area contributed by atoms with E-state index in [1.165, 1.54) is 26.0 Å². The van der Waals surface area contributed by atoms with Crippen LogP contribution in [0.2, 0.25) is 0 Å². The summed E-state index contributed by atoms with van der Waals surface area (Å²) in [6.45, 7) is 0.723. The minimum absolute atomic E-state index is 0. The van der Waals surface area contributed by atoms with Crippen LogP contribution in [0.5, 0.6) is 0 Å². The van der Waals surface area contributed by atoms with Crippen LogP contribution in [-0.2, 0) is 45.9 Å². The molecule has 321 valence electrons. The van der Waals surface area contributed by atoms with Crippen LogP contribution in [-0.4, -0.2) is 180 Å². The monoisotopic (exact) mass is 909 g/mol. The number of phosphoric ester groups is 3. The first-order valence-corrected chi connectivity index (χ1v) is 21.4. The zero-order valence-corrected chi connectivity index (χ0v) is 36.5. The van der Waals surface area contributed by atoms with Gasteiger partial charge in [0.05, 0.1) is 25.5 Å². The molecule has 0 spiro atoms. The molecule has 32 heteroatoms. The van der Waals surface area contributed by atoms with Gasteiger partial charge in [0, 0.05) is 87.3 Å². The standard InChI is InChI=1S/C21H36N7O16P3S.C7H6O2.3Li/c1-21(2,16(31)19(32)24-4-3-12(29)23-5-6-48)8-41-47(38,39)44-46(36,37)40-7-11-15(43-45(33,34)35)14(30)20(42-11)28-10-27-13-17(22)25-9-26-18(13)28;8-7(9)6-4-2-1-3-5-6;;;/h9-11,14-16,20,30-31,48H,3-8H2,1-2H3,(H,23,29)(H,24,32)(H,36,37)(H,38,39)(H2,22,25,26)(H2,33,34,35);1-5H,(H,8,9);;;/p-1/t11-,14-,15-,16?,20-;;;;/m1..../s1. The average Bonchev–Trinajstić information content (AvgIpc) is 3.69. The van der Waals surface area contributed by atoms with Gasteiger partial charge in [-0.3, -0.25) is 27.7 Å². The summed E-state index contributed by atoms with van der Waals surface area (Å²) >= 11 is 3.95. The molecule has 3 unspecified atom stereocenters. The van der Waals surface area contributed by atoms with Crippen molar-refractivity contribution in [1.82, 2.24) is 30.2 Å². The number of imidazole rings is 1. The number of hydrogen-bond donors (Lipinski definition) is 10. The Balaban J connectivity index is 0.00000256. The van der Waals surface area contributed by atoms with E-state index in [-0.39, 0.29) is 98.0 Å². The fourth-order valence-corrected chi connectivity index (χ4v) is 7.65. The summed E-state index contributed by atoms with van der Waals surface area (Å²) in [5.74, 6) is -2.07. The molecule has 4 rings (SSSR count). The van der Waals surface area contributed by atoms with E-state index in [1.54, 1.807) is 18.2 Å². The predicted molar refractivity (Wildman–Crippen MR) is 212 cm³/mol. The molecule has 3 aromatic rings. The number of aliphatic hydroxyl groups excluding tert-OH is 2. The summed E-state index contributed by atoms with van der Waals surface area (Å²) in [6, 6.07) is 8.06. The van der Waals surface area contributed by atoms with Crippen LogP contribution in [0.4, 0.5) is 5.82 Å². The van der Waals surface area contributed by atoms with E-state index in [9.17, 15) is 63.0 Å². The number of carbonyl (C=O) groups excluding carboxylic acids is 3. The molecule has 3 heterocycles. The molecular weight excluding hydrogens is 868 g/mol. The molecule has 2 aromatic heterocycles. The maximum atomic E-state index is 12.6.